The van der Waals surface area contributed by atoms with E-state index in [0.717, 1.165) is 31.6 Å². The van der Waals surface area contributed by atoms with Crippen LogP contribution in [0.3, 0.4) is 0 Å². The van der Waals surface area contributed by atoms with Gasteiger partial charge in [-0.15, -0.1) is 0 Å². The summed E-state index contributed by atoms with van der Waals surface area (Å²) in [6.45, 7) is 1.85. The van der Waals surface area contributed by atoms with Crippen molar-refractivity contribution < 1.29 is 4.79 Å². The number of benzene rings is 2. The van der Waals surface area contributed by atoms with E-state index in [2.05, 4.69) is 34.5 Å². The van der Waals surface area contributed by atoms with Crippen molar-refractivity contribution in [3.05, 3.63) is 65.2 Å². The number of urea groups is 1. The molecule has 1 fully saturated rings. The molecule has 1 aliphatic rings. The largest absolute Gasteiger partial charge is 0.322 e. The fourth-order valence-electron chi connectivity index (χ4n) is 3.20. The summed E-state index contributed by atoms with van der Waals surface area (Å²) in [4.78, 5) is 16.6. The molecule has 25 heavy (non-hydrogen) atoms. The van der Waals surface area contributed by atoms with Crippen LogP contribution in [0.5, 0.6) is 0 Å². The van der Waals surface area contributed by atoms with E-state index in [1.165, 1.54) is 12.0 Å². The molecule has 2 amide bonds. The third-order valence-corrected chi connectivity index (χ3v) is 4.87. The van der Waals surface area contributed by atoms with Crippen LogP contribution in [0.4, 0.5) is 10.5 Å². The molecule has 1 unspecified atom stereocenters. The second kappa shape index (κ2) is 8.37. The van der Waals surface area contributed by atoms with Crippen molar-refractivity contribution in [2.75, 3.05) is 18.5 Å². The number of carbonyl (C=O) groups excluding carboxylic acids is 1. The molecule has 2 aromatic carbocycles. The predicted molar refractivity (Wildman–Crippen MR) is 103 cm³/mol. The highest BCUT2D eigenvalue weighted by Gasteiger charge is 2.25. The number of amides is 2. The second-order valence-corrected chi connectivity index (χ2v) is 6.89. The van der Waals surface area contributed by atoms with Gasteiger partial charge in [-0.3, -0.25) is 9.80 Å². The molecular formula is C20H24ClN3O. The lowest BCUT2D eigenvalue weighted by atomic mass is 10.1. The van der Waals surface area contributed by atoms with Crippen molar-refractivity contribution in [1.82, 2.24) is 10.2 Å². The van der Waals surface area contributed by atoms with Crippen molar-refractivity contribution in [3.8, 4) is 0 Å². The first-order valence-corrected chi connectivity index (χ1v) is 9.09. The average Bonchev–Trinajstić information content (AvgIpc) is 2.63. The van der Waals surface area contributed by atoms with Crippen molar-refractivity contribution in [3.63, 3.8) is 0 Å². The number of hydrogen-bond donors (Lipinski definition) is 1. The minimum atomic E-state index is -0.104. The molecule has 132 valence electrons. The summed E-state index contributed by atoms with van der Waals surface area (Å²) in [5.74, 6) is 0. The van der Waals surface area contributed by atoms with Crippen LogP contribution in [0.25, 0.3) is 0 Å². The topological polar surface area (TPSA) is 35.6 Å². The van der Waals surface area contributed by atoms with E-state index in [4.69, 9.17) is 11.6 Å². The summed E-state index contributed by atoms with van der Waals surface area (Å²) in [6, 6.07) is 17.6. The number of piperidine rings is 1. The molecule has 4 nitrogen and oxygen atoms in total. The summed E-state index contributed by atoms with van der Waals surface area (Å²) in [6.07, 6.45) is 3.34. The Morgan fingerprint density at radius 2 is 2.00 bits per heavy atom. The normalized spacial score (nSPS) is 17.9. The Labute approximate surface area is 154 Å². The lowest BCUT2D eigenvalue weighted by Gasteiger charge is -2.37. The summed E-state index contributed by atoms with van der Waals surface area (Å²) in [5, 5.41) is 3.80. The maximum absolute atomic E-state index is 12.7. The zero-order chi connectivity index (χ0) is 17.6. The zero-order valence-corrected chi connectivity index (χ0v) is 15.2. The third kappa shape index (κ3) is 4.74. The molecule has 0 saturated carbocycles. The van der Waals surface area contributed by atoms with E-state index in [9.17, 15) is 4.79 Å². The van der Waals surface area contributed by atoms with Gasteiger partial charge in [-0.05, 0) is 43.0 Å². The molecule has 1 saturated heterocycles. The van der Waals surface area contributed by atoms with Gasteiger partial charge in [0.2, 0.25) is 0 Å². The number of nitrogens with zero attached hydrogens (tertiary/aromatic N) is 2. The molecule has 1 atom stereocenters. The van der Waals surface area contributed by atoms with Crippen LogP contribution in [0, 0.1) is 0 Å². The Morgan fingerprint density at radius 3 is 2.76 bits per heavy atom. The van der Waals surface area contributed by atoms with Crippen molar-refractivity contribution in [2.24, 2.45) is 0 Å². The third-order valence-electron chi connectivity index (χ3n) is 4.63. The number of likely N-dealkylation sites (tertiary alicyclic amines) is 1. The van der Waals surface area contributed by atoms with Gasteiger partial charge in [-0.25, -0.2) is 4.79 Å². The summed E-state index contributed by atoms with van der Waals surface area (Å²) in [5.41, 5.74) is 2.06. The van der Waals surface area contributed by atoms with E-state index in [0.29, 0.717) is 5.02 Å². The predicted octanol–water partition coefficient (Wildman–Crippen LogP) is 4.50. The molecule has 1 aliphatic heterocycles. The van der Waals surface area contributed by atoms with Gasteiger partial charge in [0.1, 0.15) is 0 Å². The number of anilines is 1. The monoisotopic (exact) mass is 357 g/mol. The molecule has 5 heteroatoms. The Kier molecular flexibility index (Phi) is 5.95. The van der Waals surface area contributed by atoms with Crippen LogP contribution in [0.2, 0.25) is 5.02 Å². The van der Waals surface area contributed by atoms with Gasteiger partial charge in [-0.2, -0.15) is 0 Å². The van der Waals surface area contributed by atoms with Gasteiger partial charge < -0.3 is 5.32 Å². The molecule has 0 bridgehead atoms. The van der Waals surface area contributed by atoms with Crippen molar-refractivity contribution in [2.45, 2.75) is 32.0 Å². The van der Waals surface area contributed by atoms with Gasteiger partial charge in [0.05, 0.1) is 6.17 Å². The van der Waals surface area contributed by atoms with Gasteiger partial charge >= 0.3 is 6.03 Å². The molecule has 0 aliphatic carbocycles. The van der Waals surface area contributed by atoms with Gasteiger partial charge in [0.25, 0.3) is 0 Å². The number of carbonyl (C=O) groups is 1. The first kappa shape index (κ1) is 17.8. The second-order valence-electron chi connectivity index (χ2n) is 6.46. The highest BCUT2D eigenvalue weighted by atomic mass is 35.5. The quantitative estimate of drug-likeness (QED) is 0.874. The van der Waals surface area contributed by atoms with E-state index in [1.54, 1.807) is 24.1 Å². The van der Waals surface area contributed by atoms with Crippen LogP contribution in [0.15, 0.2) is 54.6 Å². The SMILES string of the molecule is CN(C(=O)NC1CCCCN1Cc1ccccc1)c1cccc(Cl)c1. The first-order valence-electron chi connectivity index (χ1n) is 8.71. The Bertz CT molecular complexity index is 707. The molecule has 0 spiro atoms. The lowest BCUT2D eigenvalue weighted by Crippen LogP contribution is -2.53. The fraction of sp³-hybridized carbons (Fsp3) is 0.350. The van der Waals surface area contributed by atoms with Crippen LogP contribution in [-0.2, 0) is 6.54 Å². The van der Waals surface area contributed by atoms with Crippen LogP contribution >= 0.6 is 11.6 Å². The summed E-state index contributed by atoms with van der Waals surface area (Å²) in [7, 11) is 1.77. The number of hydrogen-bond acceptors (Lipinski definition) is 2. The van der Waals surface area contributed by atoms with Crippen LogP contribution in [0.1, 0.15) is 24.8 Å². The maximum atomic E-state index is 12.7. The van der Waals surface area contributed by atoms with Crippen molar-refractivity contribution in [1.29, 1.82) is 0 Å². The Balaban J connectivity index is 1.65. The fourth-order valence-corrected chi connectivity index (χ4v) is 3.39. The summed E-state index contributed by atoms with van der Waals surface area (Å²) < 4.78 is 0. The van der Waals surface area contributed by atoms with Crippen molar-refractivity contribution >= 4 is 23.3 Å². The van der Waals surface area contributed by atoms with E-state index in [-0.39, 0.29) is 12.2 Å². The zero-order valence-electron chi connectivity index (χ0n) is 14.5. The standard InChI is InChI=1S/C20H24ClN3O/c1-23(18-11-7-10-17(21)14-18)20(25)22-19-12-5-6-13-24(19)15-16-8-3-2-4-9-16/h2-4,7-11,14,19H,5-6,12-13,15H2,1H3,(H,22,25). The first-order chi connectivity index (χ1) is 12.1. The molecular weight excluding hydrogens is 334 g/mol. The number of rotatable bonds is 4. The number of nitrogens with one attached hydrogen (secondary N) is 1. The minimum absolute atomic E-state index is 0.0584. The lowest BCUT2D eigenvalue weighted by molar-refractivity contribution is 0.119. The minimum Gasteiger partial charge on any atom is -0.322 e. The Hall–Kier alpha value is -2.04. The molecule has 0 aromatic heterocycles. The smallest absolute Gasteiger partial charge is 0.322 e. The van der Waals surface area contributed by atoms with Crippen LogP contribution in [-0.4, -0.2) is 30.7 Å². The van der Waals surface area contributed by atoms with Gasteiger partial charge in [0, 0.05) is 30.8 Å². The van der Waals surface area contributed by atoms with E-state index < -0.39 is 0 Å². The highest BCUT2D eigenvalue weighted by molar-refractivity contribution is 6.30. The molecule has 1 heterocycles. The van der Waals surface area contributed by atoms with Gasteiger partial charge in [-0.1, -0.05) is 48.0 Å². The molecule has 3 rings (SSSR count). The number of halogens is 1. The van der Waals surface area contributed by atoms with E-state index in [1.807, 2.05) is 18.2 Å². The Morgan fingerprint density at radius 1 is 1.20 bits per heavy atom. The molecule has 1 N–H and O–H groups in total. The molecule has 0 radical (unpaired) electrons. The highest BCUT2D eigenvalue weighted by Crippen LogP contribution is 2.21. The molecule has 2 aromatic rings. The summed E-state index contributed by atoms with van der Waals surface area (Å²) >= 11 is 6.03. The average molecular weight is 358 g/mol. The van der Waals surface area contributed by atoms with Gasteiger partial charge in [0.15, 0.2) is 0 Å². The maximum Gasteiger partial charge on any atom is 0.322 e. The van der Waals surface area contributed by atoms with E-state index >= 15 is 0 Å². The van der Waals surface area contributed by atoms with Crippen LogP contribution < -0.4 is 10.2 Å².